The van der Waals surface area contributed by atoms with E-state index in [-0.39, 0.29) is 47.9 Å². The summed E-state index contributed by atoms with van der Waals surface area (Å²) in [4.78, 5) is 71.7. The van der Waals surface area contributed by atoms with Crippen LogP contribution in [0.5, 0.6) is 0 Å². The maximum Gasteiger partial charge on any atom is 0.312 e. The zero-order chi connectivity index (χ0) is 27.3. The molecule has 0 saturated carbocycles. The van der Waals surface area contributed by atoms with E-state index < -0.39 is 42.6 Å². The van der Waals surface area contributed by atoms with Gasteiger partial charge in [-0.15, -0.1) is 0 Å². The van der Waals surface area contributed by atoms with Crippen LogP contribution >= 0.6 is 15.9 Å². The third-order valence-corrected chi connectivity index (χ3v) is 5.54. The van der Waals surface area contributed by atoms with Crippen molar-refractivity contribution in [2.45, 2.75) is 39.2 Å². The summed E-state index contributed by atoms with van der Waals surface area (Å²) in [6.45, 7) is 3.22. The number of urea groups is 1. The van der Waals surface area contributed by atoms with E-state index in [1.807, 2.05) is 0 Å². The van der Waals surface area contributed by atoms with Gasteiger partial charge in [-0.1, -0.05) is 29.8 Å². The number of hydrogen-bond acceptors (Lipinski definition) is 6. The molecule has 1 aromatic rings. The van der Waals surface area contributed by atoms with Crippen LogP contribution < -0.4 is 27.0 Å². The quantitative estimate of drug-likeness (QED) is 0.123. The van der Waals surface area contributed by atoms with Crippen molar-refractivity contribution < 1.29 is 30.1 Å². The van der Waals surface area contributed by atoms with Gasteiger partial charge in [-0.3, -0.25) is 19.2 Å². The number of aldehydes is 1. The van der Waals surface area contributed by atoms with Crippen LogP contribution in [-0.4, -0.2) is 60.3 Å². The summed E-state index contributed by atoms with van der Waals surface area (Å²) in [5.41, 5.74) is 5.83. The van der Waals surface area contributed by atoms with Crippen molar-refractivity contribution >= 4 is 57.4 Å². The van der Waals surface area contributed by atoms with Crippen LogP contribution in [0.1, 0.15) is 44.8 Å². The van der Waals surface area contributed by atoms with Gasteiger partial charge in [0.2, 0.25) is 11.8 Å². The molecule has 2 atom stereocenters. The lowest BCUT2D eigenvalue weighted by Gasteiger charge is -2.24. The molecule has 0 fully saturated rings. The molecule has 0 heterocycles. The fourth-order valence-electron chi connectivity index (χ4n) is 3.27. The first-order valence-corrected chi connectivity index (χ1v) is 12.2. The number of nitrogens with one attached hydrogen (secondary N) is 4. The predicted octanol–water partition coefficient (Wildman–Crippen LogP) is 1.11. The monoisotopic (exact) mass is 554 g/mol. The van der Waals surface area contributed by atoms with Gasteiger partial charge in [-0.05, 0) is 43.0 Å². The van der Waals surface area contributed by atoms with E-state index >= 15 is 0 Å². The average Bonchev–Trinajstić information content (AvgIpc) is 2.82. The predicted molar refractivity (Wildman–Crippen MR) is 134 cm³/mol. The minimum Gasteiger partial charge on any atom is -0.352 e. The fourth-order valence-corrected chi connectivity index (χ4v) is 3.41. The van der Waals surface area contributed by atoms with Crippen LogP contribution in [0.4, 0.5) is 10.5 Å². The molecule has 5 amide bonds. The van der Waals surface area contributed by atoms with Gasteiger partial charge >= 0.3 is 6.03 Å². The normalized spacial score (nSPS) is 12.6. The van der Waals surface area contributed by atoms with E-state index in [9.17, 15) is 28.8 Å². The lowest BCUT2D eigenvalue weighted by molar-refractivity contribution is -0.131. The summed E-state index contributed by atoms with van der Waals surface area (Å²) in [5.74, 6) is -2.80. The van der Waals surface area contributed by atoms with Crippen molar-refractivity contribution in [3.05, 3.63) is 29.8 Å². The summed E-state index contributed by atoms with van der Waals surface area (Å²) in [7, 11) is 0. The molecule has 1 rings (SSSR count). The van der Waals surface area contributed by atoms with Crippen LogP contribution in [0.2, 0.25) is 0 Å². The first kappa shape index (κ1) is 28.0. The van der Waals surface area contributed by atoms with Crippen molar-refractivity contribution in [2.75, 3.05) is 23.7 Å². The Morgan fingerprint density at radius 3 is 2.31 bits per heavy atom. The van der Waals surface area contributed by atoms with Crippen molar-refractivity contribution in [1.29, 1.82) is 0 Å². The number of primary amides is 1. The highest BCUT2D eigenvalue weighted by Gasteiger charge is 2.29. The molecule has 6 N–H and O–H groups in total. The second-order valence-corrected chi connectivity index (χ2v) is 8.68. The Hall–Kier alpha value is -3.28. The number of carbonyl (C=O) groups is 6. The highest BCUT2D eigenvalue weighted by molar-refractivity contribution is 9.09. The Kier molecular flexibility index (Phi) is 12.5. The molecule has 0 radical (unpaired) electrons. The molecule has 0 bridgehead atoms. The van der Waals surface area contributed by atoms with Crippen molar-refractivity contribution in [2.24, 2.45) is 17.6 Å². The van der Waals surface area contributed by atoms with Gasteiger partial charge in [-0.2, -0.15) is 0 Å². The molecular weight excluding hydrogens is 522 g/mol. The number of rotatable bonds is 15. The van der Waals surface area contributed by atoms with E-state index in [2.05, 4.69) is 37.2 Å². The van der Waals surface area contributed by atoms with Gasteiger partial charge in [0.1, 0.15) is 7.63 Å². The maximum atomic E-state index is 13.1. The molecule has 192 valence electrons. The second-order valence-electron chi connectivity index (χ2n) is 8.12. The molecule has 11 nitrogen and oxygen atoms in total. The smallest absolute Gasteiger partial charge is 0.312 e. The highest BCUT2D eigenvalue weighted by Crippen LogP contribution is 2.17. The van der Waals surface area contributed by atoms with Gasteiger partial charge < -0.3 is 31.8 Å². The highest BCUT2D eigenvalue weighted by atomic mass is 79.9. The number of amides is 5. The molecule has 0 aliphatic carbocycles. The van der Waals surface area contributed by atoms with Gasteiger partial charge in [-0.25, -0.2) is 4.79 Å². The lowest BCUT2D eigenvalue weighted by atomic mass is 9.89. The van der Waals surface area contributed by atoms with E-state index in [4.69, 9.17) is 7.10 Å². The van der Waals surface area contributed by atoms with Crippen LogP contribution in [-0.2, 0) is 19.2 Å². The summed E-state index contributed by atoms with van der Waals surface area (Å²) < 4.78 is 6.96. The number of anilines is 1. The average molecular weight is 555 g/mol. The Balaban J connectivity index is 2.89. The van der Waals surface area contributed by atoms with Gasteiger partial charge in [0, 0.05) is 30.1 Å². The molecule has 0 aliphatic heterocycles. The van der Waals surface area contributed by atoms with Crippen molar-refractivity contribution in [3.63, 3.8) is 0 Å². The zero-order valence-corrected chi connectivity index (χ0v) is 21.3. The molecular formula is C23H32BrN5O6. The van der Waals surface area contributed by atoms with Crippen molar-refractivity contribution in [3.8, 4) is 0 Å². The minimum atomic E-state index is -0.978. The summed E-state index contributed by atoms with van der Waals surface area (Å²) in [6.07, 6.45) is -0.631. The van der Waals surface area contributed by atoms with E-state index in [1.54, 1.807) is 26.0 Å². The second kappa shape index (κ2) is 15.6. The van der Waals surface area contributed by atoms with E-state index in [1.165, 1.54) is 12.1 Å². The van der Waals surface area contributed by atoms with E-state index in [0.29, 0.717) is 12.1 Å². The number of ketones is 1. The largest absolute Gasteiger partial charge is 0.352 e. The third kappa shape index (κ3) is 11.1. The molecule has 0 aliphatic rings. The fraction of sp³-hybridized carbons (Fsp3) is 0.478. The number of Topliss-reactive ketones (excluding diaryl/α,β-unsaturated/α-hetero) is 1. The number of hydrogen-bond donors (Lipinski definition) is 5. The van der Waals surface area contributed by atoms with Gasteiger partial charge in [0.25, 0.3) is 5.91 Å². The number of benzene rings is 1. The minimum absolute atomic E-state index is 0.132. The van der Waals surface area contributed by atoms with Crippen LogP contribution in [0.3, 0.4) is 0 Å². The topological polar surface area (TPSA) is 177 Å². The molecule has 0 spiro atoms. The van der Waals surface area contributed by atoms with Crippen molar-refractivity contribution in [1.82, 2.24) is 16.0 Å². The van der Waals surface area contributed by atoms with Gasteiger partial charge in [0.05, 0.1) is 17.9 Å². The lowest BCUT2D eigenvalue weighted by Crippen LogP contribution is -2.46. The number of carbonyl (C=O) groups excluding carboxylic acids is 6. The van der Waals surface area contributed by atoms with Crippen LogP contribution in [0.25, 0.3) is 0 Å². The molecule has 0 unspecified atom stereocenters. The Morgan fingerprint density at radius 1 is 1.11 bits per heavy atom. The first-order chi connectivity index (χ1) is 16.9. The summed E-state index contributed by atoms with van der Waals surface area (Å²) >= 11 is 3.05. The Bertz CT molecular complexity index is 957. The van der Waals surface area contributed by atoms with E-state index in [0.717, 1.165) is 0 Å². The molecule has 12 heteroatoms. The van der Waals surface area contributed by atoms with Crippen LogP contribution in [0.15, 0.2) is 24.3 Å². The molecule has 35 heavy (non-hydrogen) atoms. The molecule has 0 aromatic heterocycles. The SMILES string of the molecule is [2H]C(=O)CNC(=O)[C@H](CCCNC(N)=O)CC(=O)[C@@H](NC(=O)c1ccc(NC(=O)CBr)cc1)C(C)C. The van der Waals surface area contributed by atoms with Crippen LogP contribution in [0, 0.1) is 11.8 Å². The Labute approximate surface area is 213 Å². The number of halogens is 1. The maximum absolute atomic E-state index is 13.1. The Morgan fingerprint density at radius 2 is 1.77 bits per heavy atom. The molecule has 0 saturated heterocycles. The summed E-state index contributed by atoms with van der Waals surface area (Å²) in [5, 5.41) is 10.2. The zero-order valence-electron chi connectivity index (χ0n) is 20.7. The third-order valence-electron chi connectivity index (χ3n) is 5.03. The number of nitrogens with two attached hydrogens (primary N) is 1. The molecule has 1 aromatic carbocycles. The first-order valence-electron chi connectivity index (χ1n) is 11.5. The standard InChI is InChI=1S/C23H32BrN5O6/c1-14(2)20(29-22(34)15-5-7-17(8-6-15)28-19(32)13-24)18(31)12-16(21(33)26-10-11-30)4-3-9-27-23(25)35/h5-8,11,14,16,20H,3-4,9-10,12-13H2,1-2H3,(H,26,33)(H,28,32)(H,29,34)(H3,25,27,35)/t16-,20+/m1/s1/i11D. The number of alkyl halides is 1. The van der Waals surface area contributed by atoms with Gasteiger partial charge in [0.15, 0.2) is 5.78 Å². The summed E-state index contributed by atoms with van der Waals surface area (Å²) in [6, 6.07) is 4.56.